The van der Waals surface area contributed by atoms with Gasteiger partial charge in [-0.25, -0.2) is 0 Å². The van der Waals surface area contributed by atoms with Gasteiger partial charge < -0.3 is 9.47 Å². The van der Waals surface area contributed by atoms with Gasteiger partial charge in [0.25, 0.3) is 0 Å². The minimum absolute atomic E-state index is 0.243. The third-order valence-corrected chi connectivity index (χ3v) is 3.64. The Kier molecular flexibility index (Phi) is 5.59. The molecule has 0 atom stereocenters. The third-order valence-electron chi connectivity index (χ3n) is 3.64. The van der Waals surface area contributed by atoms with Crippen molar-refractivity contribution in [1.29, 1.82) is 0 Å². The van der Waals surface area contributed by atoms with E-state index in [9.17, 15) is 4.79 Å². The number of carbonyl (C=O) groups excluding carboxylic acids is 1. The molecule has 0 aromatic heterocycles. The first-order valence-corrected chi connectivity index (χ1v) is 7.56. The molecule has 3 nitrogen and oxygen atoms in total. The van der Waals surface area contributed by atoms with Crippen LogP contribution in [0.15, 0.2) is 42.5 Å². The Balaban J connectivity index is 1.99. The average molecular weight is 298 g/mol. The number of rotatable bonds is 6. The molecule has 0 spiro atoms. The molecule has 0 radical (unpaired) electrons. The summed E-state index contributed by atoms with van der Waals surface area (Å²) in [5, 5.41) is 0. The van der Waals surface area contributed by atoms with Gasteiger partial charge in [-0.15, -0.1) is 0 Å². The minimum atomic E-state index is -0.243. The van der Waals surface area contributed by atoms with Gasteiger partial charge in [0.15, 0.2) is 11.5 Å². The van der Waals surface area contributed by atoms with Gasteiger partial charge in [0, 0.05) is 6.42 Å². The van der Waals surface area contributed by atoms with Crippen molar-refractivity contribution in [2.45, 2.75) is 33.1 Å². The van der Waals surface area contributed by atoms with Gasteiger partial charge in [-0.3, -0.25) is 4.79 Å². The van der Waals surface area contributed by atoms with E-state index in [2.05, 4.69) is 19.1 Å². The van der Waals surface area contributed by atoms with Crippen LogP contribution in [0.5, 0.6) is 11.5 Å². The molecule has 0 aliphatic rings. The highest BCUT2D eigenvalue weighted by Gasteiger charge is 2.11. The van der Waals surface area contributed by atoms with Crippen LogP contribution in [0.1, 0.15) is 30.0 Å². The first-order valence-electron chi connectivity index (χ1n) is 7.56. The van der Waals surface area contributed by atoms with Crippen LogP contribution in [0.2, 0.25) is 0 Å². The number of methoxy groups -OCH3 is 1. The number of benzene rings is 2. The van der Waals surface area contributed by atoms with E-state index in [0.717, 1.165) is 12.0 Å². The van der Waals surface area contributed by atoms with E-state index in [1.807, 2.05) is 31.2 Å². The highest BCUT2D eigenvalue weighted by atomic mass is 16.6. The molecule has 2 rings (SSSR count). The minimum Gasteiger partial charge on any atom is -0.493 e. The molecule has 116 valence electrons. The predicted molar refractivity (Wildman–Crippen MR) is 87.5 cm³/mol. The molecular weight excluding hydrogens is 276 g/mol. The van der Waals surface area contributed by atoms with E-state index in [-0.39, 0.29) is 5.97 Å². The van der Waals surface area contributed by atoms with E-state index in [0.29, 0.717) is 24.3 Å². The fourth-order valence-electron chi connectivity index (χ4n) is 2.42. The Morgan fingerprint density at radius 3 is 2.45 bits per heavy atom. The van der Waals surface area contributed by atoms with Gasteiger partial charge in [0.05, 0.1) is 7.11 Å². The SMILES string of the molecule is CCc1ccccc1CCC(=O)Oc1ccc(C)cc1OC. The molecule has 3 heteroatoms. The van der Waals surface area contributed by atoms with Crippen molar-refractivity contribution in [2.75, 3.05) is 7.11 Å². The predicted octanol–water partition coefficient (Wildman–Crippen LogP) is 4.10. The van der Waals surface area contributed by atoms with Crippen molar-refractivity contribution in [1.82, 2.24) is 0 Å². The summed E-state index contributed by atoms with van der Waals surface area (Å²) in [6, 6.07) is 13.7. The van der Waals surface area contributed by atoms with Crippen LogP contribution >= 0.6 is 0 Å². The standard InChI is InChI=1S/C19H22O3/c1-4-15-7-5-6-8-16(15)10-12-19(20)22-17-11-9-14(2)13-18(17)21-3/h5-9,11,13H,4,10,12H2,1-3H3. The summed E-state index contributed by atoms with van der Waals surface area (Å²) in [7, 11) is 1.57. The second kappa shape index (κ2) is 7.64. The number of hydrogen-bond donors (Lipinski definition) is 0. The first kappa shape index (κ1) is 16.1. The maximum atomic E-state index is 12.1. The lowest BCUT2D eigenvalue weighted by atomic mass is 10.0. The van der Waals surface area contributed by atoms with Crippen molar-refractivity contribution >= 4 is 5.97 Å². The molecule has 0 aliphatic carbocycles. The van der Waals surface area contributed by atoms with E-state index in [1.165, 1.54) is 11.1 Å². The largest absolute Gasteiger partial charge is 0.493 e. The van der Waals surface area contributed by atoms with Crippen molar-refractivity contribution in [3.8, 4) is 11.5 Å². The second-order valence-electron chi connectivity index (χ2n) is 5.25. The van der Waals surface area contributed by atoms with Crippen molar-refractivity contribution in [3.63, 3.8) is 0 Å². The monoisotopic (exact) mass is 298 g/mol. The van der Waals surface area contributed by atoms with Crippen molar-refractivity contribution < 1.29 is 14.3 Å². The molecular formula is C19H22O3. The molecule has 2 aromatic carbocycles. The molecule has 22 heavy (non-hydrogen) atoms. The lowest BCUT2D eigenvalue weighted by Gasteiger charge is -2.10. The van der Waals surface area contributed by atoms with E-state index >= 15 is 0 Å². The Hall–Kier alpha value is -2.29. The van der Waals surface area contributed by atoms with Crippen molar-refractivity contribution in [3.05, 3.63) is 59.2 Å². The Morgan fingerprint density at radius 2 is 1.77 bits per heavy atom. The van der Waals surface area contributed by atoms with Crippen LogP contribution in [0.3, 0.4) is 0 Å². The fourth-order valence-corrected chi connectivity index (χ4v) is 2.42. The van der Waals surface area contributed by atoms with Crippen LogP contribution in [0.25, 0.3) is 0 Å². The zero-order valence-electron chi connectivity index (χ0n) is 13.4. The topological polar surface area (TPSA) is 35.5 Å². The van der Waals surface area contributed by atoms with Crippen LogP contribution in [0.4, 0.5) is 0 Å². The van der Waals surface area contributed by atoms with Crippen LogP contribution in [-0.4, -0.2) is 13.1 Å². The van der Waals surface area contributed by atoms with Gasteiger partial charge in [-0.05, 0) is 48.6 Å². The zero-order valence-corrected chi connectivity index (χ0v) is 13.4. The molecule has 0 fully saturated rings. The molecule has 0 saturated heterocycles. The quantitative estimate of drug-likeness (QED) is 0.595. The fraction of sp³-hybridized carbons (Fsp3) is 0.316. The number of aryl methyl sites for hydroxylation is 3. The Morgan fingerprint density at radius 1 is 1.05 bits per heavy atom. The maximum absolute atomic E-state index is 12.1. The summed E-state index contributed by atoms with van der Waals surface area (Å²) in [5.74, 6) is 0.817. The maximum Gasteiger partial charge on any atom is 0.311 e. The molecule has 2 aromatic rings. The summed E-state index contributed by atoms with van der Waals surface area (Å²) in [6.07, 6.45) is 2.02. The lowest BCUT2D eigenvalue weighted by molar-refractivity contribution is -0.134. The number of esters is 1. The summed E-state index contributed by atoms with van der Waals surface area (Å²) < 4.78 is 10.7. The van der Waals surface area contributed by atoms with E-state index < -0.39 is 0 Å². The second-order valence-corrected chi connectivity index (χ2v) is 5.25. The normalized spacial score (nSPS) is 10.3. The molecule has 0 N–H and O–H groups in total. The highest BCUT2D eigenvalue weighted by molar-refractivity contribution is 5.73. The third kappa shape index (κ3) is 4.10. The lowest BCUT2D eigenvalue weighted by Crippen LogP contribution is -2.10. The van der Waals surface area contributed by atoms with Crippen LogP contribution < -0.4 is 9.47 Å². The summed E-state index contributed by atoms with van der Waals surface area (Å²) in [6.45, 7) is 4.09. The van der Waals surface area contributed by atoms with Gasteiger partial charge in [-0.2, -0.15) is 0 Å². The van der Waals surface area contributed by atoms with Gasteiger partial charge in [0.2, 0.25) is 0 Å². The van der Waals surface area contributed by atoms with Gasteiger partial charge in [-0.1, -0.05) is 37.3 Å². The Labute approximate surface area is 131 Å². The molecule has 0 heterocycles. The smallest absolute Gasteiger partial charge is 0.311 e. The van der Waals surface area contributed by atoms with Gasteiger partial charge >= 0.3 is 5.97 Å². The van der Waals surface area contributed by atoms with E-state index in [1.54, 1.807) is 13.2 Å². The average Bonchev–Trinajstić information content (AvgIpc) is 2.54. The molecule has 0 aliphatic heterocycles. The summed E-state index contributed by atoms with van der Waals surface area (Å²) in [4.78, 5) is 12.1. The van der Waals surface area contributed by atoms with Crippen molar-refractivity contribution in [2.24, 2.45) is 0 Å². The van der Waals surface area contributed by atoms with Crippen LogP contribution in [-0.2, 0) is 17.6 Å². The summed E-state index contributed by atoms with van der Waals surface area (Å²) in [5.41, 5.74) is 3.55. The highest BCUT2D eigenvalue weighted by Crippen LogP contribution is 2.28. The molecule has 0 amide bonds. The van der Waals surface area contributed by atoms with Gasteiger partial charge in [0.1, 0.15) is 0 Å². The van der Waals surface area contributed by atoms with E-state index in [4.69, 9.17) is 9.47 Å². The number of hydrogen-bond acceptors (Lipinski definition) is 3. The zero-order chi connectivity index (χ0) is 15.9. The molecule has 0 saturated carbocycles. The summed E-state index contributed by atoms with van der Waals surface area (Å²) >= 11 is 0. The molecule has 0 bridgehead atoms. The number of carbonyl (C=O) groups is 1. The molecule has 0 unspecified atom stereocenters. The van der Waals surface area contributed by atoms with Crippen LogP contribution in [0, 0.1) is 6.92 Å². The Bertz CT molecular complexity index is 647. The first-order chi connectivity index (χ1) is 10.6. The number of ether oxygens (including phenoxy) is 2.